The Balaban J connectivity index is 1.23. The van der Waals surface area contributed by atoms with Crippen molar-refractivity contribution in [2.45, 2.75) is 46.1 Å². The zero-order chi connectivity index (χ0) is 25.1. The summed E-state index contributed by atoms with van der Waals surface area (Å²) < 4.78 is 7.80. The van der Waals surface area contributed by atoms with Crippen LogP contribution < -0.4 is 15.0 Å². The zero-order valence-corrected chi connectivity index (χ0v) is 21.3. The van der Waals surface area contributed by atoms with Crippen molar-refractivity contribution in [3.8, 4) is 5.75 Å². The van der Waals surface area contributed by atoms with Crippen LogP contribution in [0.3, 0.4) is 0 Å². The number of anilines is 2. The molecule has 0 bridgehead atoms. The summed E-state index contributed by atoms with van der Waals surface area (Å²) in [5.41, 5.74) is 3.49. The Morgan fingerprint density at radius 1 is 0.972 bits per heavy atom. The fourth-order valence-corrected chi connectivity index (χ4v) is 5.63. The molecule has 0 unspecified atom stereocenters. The van der Waals surface area contributed by atoms with Crippen LogP contribution in [0.25, 0.3) is 10.9 Å². The number of ether oxygens (including phenoxy) is 1. The molecule has 2 aliphatic rings. The first-order chi connectivity index (χ1) is 17.6. The number of aromatic nitrogens is 1. The lowest BCUT2D eigenvalue weighted by molar-refractivity contribution is -0.135. The number of amides is 2. The summed E-state index contributed by atoms with van der Waals surface area (Å²) in [4.78, 5) is 30.3. The molecule has 0 spiro atoms. The van der Waals surface area contributed by atoms with E-state index < -0.39 is 0 Å². The number of carbonyl (C=O) groups excluding carboxylic acids is 2. The second kappa shape index (κ2) is 10.6. The Bertz CT molecular complexity index is 1220. The van der Waals surface area contributed by atoms with E-state index in [1.54, 1.807) is 0 Å². The molecule has 2 amide bonds. The van der Waals surface area contributed by atoms with Gasteiger partial charge in [-0.15, -0.1) is 0 Å². The highest BCUT2D eigenvalue weighted by Crippen LogP contribution is 2.30. The van der Waals surface area contributed by atoms with Gasteiger partial charge in [0, 0.05) is 55.4 Å². The van der Waals surface area contributed by atoms with Crippen molar-refractivity contribution in [3.63, 3.8) is 0 Å². The quantitative estimate of drug-likeness (QED) is 0.499. The van der Waals surface area contributed by atoms with Crippen LogP contribution >= 0.6 is 0 Å². The first kappa shape index (κ1) is 24.2. The molecule has 7 nitrogen and oxygen atoms in total. The van der Waals surface area contributed by atoms with Crippen LogP contribution in [0.4, 0.5) is 11.4 Å². The topological polar surface area (TPSA) is 66.8 Å². The molecule has 3 aromatic rings. The van der Waals surface area contributed by atoms with Crippen LogP contribution in [-0.4, -0.2) is 54.1 Å². The van der Waals surface area contributed by atoms with Crippen LogP contribution in [0, 0.1) is 5.92 Å². The Morgan fingerprint density at radius 2 is 1.69 bits per heavy atom. The number of fused-ring (bicyclic) bond motifs is 1. The molecular formula is C29H36N4O3. The Labute approximate surface area is 213 Å². The van der Waals surface area contributed by atoms with Crippen LogP contribution in [0.2, 0.25) is 0 Å². The molecule has 36 heavy (non-hydrogen) atoms. The monoisotopic (exact) mass is 488 g/mol. The van der Waals surface area contributed by atoms with Gasteiger partial charge in [-0.05, 0) is 69.2 Å². The fourth-order valence-electron chi connectivity index (χ4n) is 5.63. The fraction of sp³-hybridized carbons (Fsp3) is 0.448. The van der Waals surface area contributed by atoms with Gasteiger partial charge in [0.2, 0.25) is 5.91 Å². The molecule has 1 aromatic heterocycles. The normalized spacial score (nSPS) is 16.5. The number of rotatable bonds is 7. The van der Waals surface area contributed by atoms with Gasteiger partial charge in [0.25, 0.3) is 5.91 Å². The maximum atomic E-state index is 13.2. The number of nitrogens with one attached hydrogen (secondary N) is 1. The van der Waals surface area contributed by atoms with E-state index in [9.17, 15) is 9.59 Å². The number of aryl methyl sites for hydroxylation is 1. The first-order valence-electron chi connectivity index (χ1n) is 13.3. The largest absolute Gasteiger partial charge is 0.493 e. The molecule has 0 atom stereocenters. The predicted octanol–water partition coefficient (Wildman–Crippen LogP) is 5.15. The molecule has 5 rings (SSSR count). The van der Waals surface area contributed by atoms with E-state index in [0.717, 1.165) is 67.0 Å². The molecule has 7 heteroatoms. The van der Waals surface area contributed by atoms with Gasteiger partial charge >= 0.3 is 0 Å². The lowest BCUT2D eigenvalue weighted by atomic mass is 10.1. The van der Waals surface area contributed by atoms with Crippen molar-refractivity contribution in [2.75, 3.05) is 43.0 Å². The number of piperazine rings is 1. The number of benzene rings is 2. The van der Waals surface area contributed by atoms with Gasteiger partial charge in [-0.25, -0.2) is 0 Å². The van der Waals surface area contributed by atoms with Crippen molar-refractivity contribution in [1.82, 2.24) is 9.47 Å². The third kappa shape index (κ3) is 4.79. The highest BCUT2D eigenvalue weighted by atomic mass is 16.5. The predicted molar refractivity (Wildman–Crippen MR) is 144 cm³/mol. The van der Waals surface area contributed by atoms with Crippen LogP contribution in [0.15, 0.2) is 48.5 Å². The minimum Gasteiger partial charge on any atom is -0.493 e. The summed E-state index contributed by atoms with van der Waals surface area (Å²) in [7, 11) is 0. The Kier molecular flexibility index (Phi) is 7.16. The standard InChI is InChI=1S/C29H36N4O3/c1-3-33-25-10-7-11-27(36-4-2)24(25)20-26(33)28(34)30-22-12-14-23(15-13-22)31-16-18-32(19-17-31)29(35)21-8-5-6-9-21/h7,10-15,20-21H,3-6,8-9,16-19H2,1-2H3,(H,30,34). The zero-order valence-electron chi connectivity index (χ0n) is 21.3. The average molecular weight is 489 g/mol. The summed E-state index contributed by atoms with van der Waals surface area (Å²) in [6, 6.07) is 15.8. The van der Waals surface area contributed by atoms with E-state index in [4.69, 9.17) is 4.74 Å². The van der Waals surface area contributed by atoms with Crippen LogP contribution in [0.1, 0.15) is 50.0 Å². The van der Waals surface area contributed by atoms with E-state index in [-0.39, 0.29) is 11.8 Å². The molecule has 1 saturated heterocycles. The second-order valence-corrected chi connectivity index (χ2v) is 9.69. The number of hydrogen-bond acceptors (Lipinski definition) is 4. The third-order valence-electron chi connectivity index (χ3n) is 7.54. The lowest BCUT2D eigenvalue weighted by Crippen LogP contribution is -2.50. The maximum absolute atomic E-state index is 13.2. The van der Waals surface area contributed by atoms with Crippen LogP contribution in [0.5, 0.6) is 5.75 Å². The summed E-state index contributed by atoms with van der Waals surface area (Å²) in [5, 5.41) is 4.01. The van der Waals surface area contributed by atoms with Gasteiger partial charge in [0.15, 0.2) is 0 Å². The molecule has 2 heterocycles. The minimum atomic E-state index is -0.137. The second-order valence-electron chi connectivity index (χ2n) is 9.69. The summed E-state index contributed by atoms with van der Waals surface area (Å²) >= 11 is 0. The average Bonchev–Trinajstić information content (AvgIpc) is 3.58. The van der Waals surface area contributed by atoms with Gasteiger partial charge in [-0.1, -0.05) is 18.9 Å². The Hall–Kier alpha value is -3.48. The summed E-state index contributed by atoms with van der Waals surface area (Å²) in [6.45, 7) is 8.50. The van der Waals surface area contributed by atoms with E-state index in [1.165, 1.54) is 12.8 Å². The SMILES string of the molecule is CCOc1cccc2c1cc(C(=O)Nc1ccc(N3CCN(C(=O)C4CCCC4)CC3)cc1)n2CC. The van der Waals surface area contributed by atoms with E-state index in [2.05, 4.69) is 10.2 Å². The smallest absolute Gasteiger partial charge is 0.272 e. The van der Waals surface area contributed by atoms with E-state index >= 15 is 0 Å². The van der Waals surface area contributed by atoms with Gasteiger partial charge in [0.05, 0.1) is 12.1 Å². The third-order valence-corrected chi connectivity index (χ3v) is 7.54. The number of carbonyl (C=O) groups is 2. The van der Waals surface area contributed by atoms with Gasteiger partial charge < -0.3 is 24.4 Å². The lowest BCUT2D eigenvalue weighted by Gasteiger charge is -2.37. The number of nitrogens with zero attached hydrogens (tertiary/aromatic N) is 3. The van der Waals surface area contributed by atoms with Crippen molar-refractivity contribution < 1.29 is 14.3 Å². The van der Waals surface area contributed by atoms with Gasteiger partial charge in [0.1, 0.15) is 11.4 Å². The van der Waals surface area contributed by atoms with Crippen molar-refractivity contribution in [2.24, 2.45) is 5.92 Å². The molecule has 1 aliphatic carbocycles. The highest BCUT2D eigenvalue weighted by Gasteiger charge is 2.29. The molecule has 2 fully saturated rings. The molecular weight excluding hydrogens is 452 g/mol. The molecule has 190 valence electrons. The minimum absolute atomic E-state index is 0.137. The van der Waals surface area contributed by atoms with Crippen molar-refractivity contribution in [1.29, 1.82) is 0 Å². The van der Waals surface area contributed by atoms with E-state index in [0.29, 0.717) is 24.8 Å². The first-order valence-corrected chi connectivity index (χ1v) is 13.3. The number of hydrogen-bond donors (Lipinski definition) is 1. The molecule has 0 radical (unpaired) electrons. The molecule has 1 N–H and O–H groups in total. The molecule has 2 aromatic carbocycles. The van der Waals surface area contributed by atoms with Gasteiger partial charge in [-0.2, -0.15) is 0 Å². The molecule has 1 aliphatic heterocycles. The Morgan fingerprint density at radius 3 is 2.36 bits per heavy atom. The van der Waals surface area contributed by atoms with Crippen molar-refractivity contribution in [3.05, 3.63) is 54.2 Å². The summed E-state index contributed by atoms with van der Waals surface area (Å²) in [5.74, 6) is 1.26. The maximum Gasteiger partial charge on any atom is 0.272 e. The van der Waals surface area contributed by atoms with E-state index in [1.807, 2.05) is 71.8 Å². The highest BCUT2D eigenvalue weighted by molar-refractivity contribution is 6.07. The molecule has 1 saturated carbocycles. The van der Waals surface area contributed by atoms with Crippen LogP contribution in [-0.2, 0) is 11.3 Å². The summed E-state index contributed by atoms with van der Waals surface area (Å²) in [6.07, 6.45) is 4.49. The van der Waals surface area contributed by atoms with Gasteiger partial charge in [-0.3, -0.25) is 9.59 Å². The van der Waals surface area contributed by atoms with Crippen molar-refractivity contribution >= 4 is 34.1 Å².